The van der Waals surface area contributed by atoms with Gasteiger partial charge in [0.1, 0.15) is 0 Å². The Morgan fingerprint density at radius 3 is 2.79 bits per heavy atom. The summed E-state index contributed by atoms with van der Waals surface area (Å²) < 4.78 is 1.11. The van der Waals surface area contributed by atoms with E-state index < -0.39 is 0 Å². The first-order valence-corrected chi connectivity index (χ1v) is 7.11. The topological polar surface area (TPSA) is 55.6 Å². The van der Waals surface area contributed by atoms with Gasteiger partial charge in [-0.3, -0.25) is 0 Å². The van der Waals surface area contributed by atoms with E-state index in [0.717, 1.165) is 23.3 Å². The van der Waals surface area contributed by atoms with E-state index in [1.165, 1.54) is 15.9 Å². The lowest BCUT2D eigenvalue weighted by molar-refractivity contribution is 0.533. The van der Waals surface area contributed by atoms with Crippen molar-refractivity contribution in [2.45, 2.75) is 26.3 Å². The molecule has 0 spiro atoms. The molecule has 0 bridgehead atoms. The number of halogens is 1. The fourth-order valence-corrected chi connectivity index (χ4v) is 2.81. The number of aromatic nitrogens is 4. The van der Waals surface area contributed by atoms with Gasteiger partial charge in [-0.15, -0.1) is 10.2 Å². The van der Waals surface area contributed by atoms with Crippen LogP contribution in [0.4, 0.5) is 0 Å². The Hall–Kier alpha value is -1.27. The maximum Gasteiger partial charge on any atom is 0.176 e. The molecule has 0 aliphatic heterocycles. The molecule has 2 aromatic rings. The van der Waals surface area contributed by atoms with Crippen LogP contribution < -0.4 is 5.32 Å². The highest BCUT2D eigenvalue weighted by atomic mass is 79.9. The van der Waals surface area contributed by atoms with Gasteiger partial charge in [-0.1, -0.05) is 35.0 Å². The van der Waals surface area contributed by atoms with E-state index in [1.54, 1.807) is 7.05 Å². The lowest BCUT2D eigenvalue weighted by Gasteiger charge is -2.18. The van der Waals surface area contributed by atoms with Crippen molar-refractivity contribution in [2.75, 3.05) is 6.54 Å². The predicted octanol–water partition coefficient (Wildman–Crippen LogP) is 2.17. The predicted molar refractivity (Wildman–Crippen MR) is 77.8 cm³/mol. The minimum Gasteiger partial charge on any atom is -0.310 e. The van der Waals surface area contributed by atoms with Gasteiger partial charge in [-0.25, -0.2) is 0 Å². The quantitative estimate of drug-likeness (QED) is 0.916. The second-order valence-electron chi connectivity index (χ2n) is 4.53. The molecule has 1 aromatic heterocycles. The van der Waals surface area contributed by atoms with E-state index in [1.807, 2.05) is 0 Å². The summed E-state index contributed by atoms with van der Waals surface area (Å²) in [6, 6.07) is 6.57. The molecule has 102 valence electrons. The molecule has 0 fully saturated rings. The van der Waals surface area contributed by atoms with Crippen molar-refractivity contribution in [2.24, 2.45) is 7.05 Å². The molecule has 6 heteroatoms. The van der Waals surface area contributed by atoms with Crippen molar-refractivity contribution in [1.29, 1.82) is 0 Å². The van der Waals surface area contributed by atoms with E-state index in [9.17, 15) is 0 Å². The van der Waals surface area contributed by atoms with Crippen molar-refractivity contribution < 1.29 is 0 Å². The smallest absolute Gasteiger partial charge is 0.176 e. The Morgan fingerprint density at radius 2 is 2.21 bits per heavy atom. The minimum atomic E-state index is 0.184. The molecule has 2 rings (SSSR count). The molecular weight excluding hydrogens is 306 g/mol. The van der Waals surface area contributed by atoms with E-state index >= 15 is 0 Å². The van der Waals surface area contributed by atoms with Crippen LogP contribution in [0.1, 0.15) is 29.9 Å². The number of likely N-dealkylation sites (N-methyl/N-ethyl adjacent to an activating group) is 1. The molecule has 0 aliphatic rings. The van der Waals surface area contributed by atoms with Gasteiger partial charge in [-0.2, -0.15) is 4.80 Å². The van der Waals surface area contributed by atoms with Crippen LogP contribution in [0.15, 0.2) is 22.7 Å². The van der Waals surface area contributed by atoms with Gasteiger partial charge in [0.05, 0.1) is 7.05 Å². The normalized spacial score (nSPS) is 12.6. The molecule has 1 unspecified atom stereocenters. The van der Waals surface area contributed by atoms with Gasteiger partial charge in [-0.05, 0) is 35.9 Å². The number of nitrogens with zero attached hydrogens (tertiary/aromatic N) is 4. The fourth-order valence-electron chi connectivity index (χ4n) is 2.04. The standard InChI is InChI=1S/C13H18BrN5/c1-4-15-12(8-13-16-18-19(3)17-13)10-6-5-9(2)7-11(10)14/h5-7,12,15H,4,8H2,1-3H3. The summed E-state index contributed by atoms with van der Waals surface area (Å²) in [4.78, 5) is 1.49. The Kier molecular flexibility index (Phi) is 4.66. The van der Waals surface area contributed by atoms with E-state index in [0.29, 0.717) is 0 Å². The van der Waals surface area contributed by atoms with Crippen LogP contribution >= 0.6 is 15.9 Å². The highest BCUT2D eigenvalue weighted by Crippen LogP contribution is 2.26. The van der Waals surface area contributed by atoms with E-state index in [-0.39, 0.29) is 6.04 Å². The zero-order chi connectivity index (χ0) is 13.8. The summed E-state index contributed by atoms with van der Waals surface area (Å²) in [7, 11) is 1.78. The second-order valence-corrected chi connectivity index (χ2v) is 5.39. The maximum atomic E-state index is 4.24. The third-order valence-corrected chi connectivity index (χ3v) is 3.61. The average molecular weight is 324 g/mol. The number of aryl methyl sites for hydroxylation is 2. The number of benzene rings is 1. The second kappa shape index (κ2) is 6.25. The third-order valence-electron chi connectivity index (χ3n) is 2.92. The van der Waals surface area contributed by atoms with Crippen molar-refractivity contribution in [3.63, 3.8) is 0 Å². The van der Waals surface area contributed by atoms with Crippen molar-refractivity contribution in [3.8, 4) is 0 Å². The van der Waals surface area contributed by atoms with Gasteiger partial charge in [0.25, 0.3) is 0 Å². The largest absolute Gasteiger partial charge is 0.310 e. The Morgan fingerprint density at radius 1 is 1.42 bits per heavy atom. The average Bonchev–Trinajstić information content (AvgIpc) is 2.74. The van der Waals surface area contributed by atoms with E-state index in [4.69, 9.17) is 0 Å². The van der Waals surface area contributed by atoms with Gasteiger partial charge >= 0.3 is 0 Å². The highest BCUT2D eigenvalue weighted by molar-refractivity contribution is 9.10. The molecule has 1 heterocycles. The van der Waals surface area contributed by atoms with Crippen LogP contribution in [0.2, 0.25) is 0 Å². The summed E-state index contributed by atoms with van der Waals surface area (Å²) in [5, 5.41) is 15.6. The first-order chi connectivity index (χ1) is 9.10. The molecule has 1 aromatic carbocycles. The third kappa shape index (κ3) is 3.61. The van der Waals surface area contributed by atoms with Crippen LogP contribution in [0.25, 0.3) is 0 Å². The van der Waals surface area contributed by atoms with Crippen LogP contribution in [0.3, 0.4) is 0 Å². The van der Waals surface area contributed by atoms with Crippen LogP contribution in [0, 0.1) is 6.92 Å². The zero-order valence-electron chi connectivity index (χ0n) is 11.4. The Labute approximate surface area is 121 Å². The fraction of sp³-hybridized carbons (Fsp3) is 0.462. The molecule has 0 radical (unpaired) electrons. The minimum absolute atomic E-state index is 0.184. The first kappa shape index (κ1) is 14.1. The SMILES string of the molecule is CCNC(Cc1nnn(C)n1)c1ccc(C)cc1Br. The number of hydrogen-bond acceptors (Lipinski definition) is 4. The van der Waals surface area contributed by atoms with Gasteiger partial charge in [0.2, 0.25) is 0 Å². The molecule has 5 nitrogen and oxygen atoms in total. The molecule has 0 saturated heterocycles. The zero-order valence-corrected chi connectivity index (χ0v) is 13.0. The first-order valence-electron chi connectivity index (χ1n) is 6.32. The monoisotopic (exact) mass is 323 g/mol. The van der Waals surface area contributed by atoms with Gasteiger partial charge in [0.15, 0.2) is 5.82 Å². The van der Waals surface area contributed by atoms with Crippen molar-refractivity contribution in [1.82, 2.24) is 25.5 Å². The van der Waals surface area contributed by atoms with Crippen LogP contribution in [-0.2, 0) is 13.5 Å². The Balaban J connectivity index is 2.23. The highest BCUT2D eigenvalue weighted by Gasteiger charge is 2.16. The maximum absolute atomic E-state index is 4.24. The van der Waals surface area contributed by atoms with Crippen LogP contribution in [-0.4, -0.2) is 26.8 Å². The summed E-state index contributed by atoms with van der Waals surface area (Å²) in [6.07, 6.45) is 0.726. The molecule has 0 saturated carbocycles. The summed E-state index contributed by atoms with van der Waals surface area (Å²) in [5.74, 6) is 0.751. The number of tetrazole rings is 1. The molecule has 0 amide bonds. The summed E-state index contributed by atoms with van der Waals surface area (Å²) in [6.45, 7) is 5.07. The number of hydrogen-bond donors (Lipinski definition) is 1. The van der Waals surface area contributed by atoms with Crippen molar-refractivity contribution >= 4 is 15.9 Å². The molecule has 1 N–H and O–H groups in total. The Bertz CT molecular complexity index is 552. The summed E-state index contributed by atoms with van der Waals surface area (Å²) >= 11 is 3.63. The van der Waals surface area contributed by atoms with Gasteiger partial charge < -0.3 is 5.32 Å². The lowest BCUT2D eigenvalue weighted by atomic mass is 10.0. The number of nitrogens with one attached hydrogen (secondary N) is 1. The summed E-state index contributed by atoms with van der Waals surface area (Å²) in [5.41, 5.74) is 2.46. The van der Waals surface area contributed by atoms with Gasteiger partial charge in [0, 0.05) is 16.9 Å². The van der Waals surface area contributed by atoms with E-state index in [2.05, 4.69) is 68.7 Å². The van der Waals surface area contributed by atoms with Crippen molar-refractivity contribution in [3.05, 3.63) is 39.6 Å². The van der Waals surface area contributed by atoms with Crippen LogP contribution in [0.5, 0.6) is 0 Å². The lowest BCUT2D eigenvalue weighted by Crippen LogP contribution is -2.24. The molecule has 1 atom stereocenters. The number of rotatable bonds is 5. The molecule has 19 heavy (non-hydrogen) atoms. The molecular formula is C13H18BrN5. The molecule has 0 aliphatic carbocycles.